The van der Waals surface area contributed by atoms with E-state index in [0.29, 0.717) is 30.2 Å². The molecule has 0 amide bonds. The molecule has 19 heavy (non-hydrogen) atoms. The fourth-order valence-corrected chi connectivity index (χ4v) is 4.62. The third kappa shape index (κ3) is 3.06. The van der Waals surface area contributed by atoms with Gasteiger partial charge in [0, 0.05) is 24.7 Å². The predicted octanol–water partition coefficient (Wildman–Crippen LogP) is 2.50. The molecule has 4 nitrogen and oxygen atoms in total. The second-order valence-corrected chi connectivity index (χ2v) is 7.24. The molecule has 1 N–H and O–H groups in total. The van der Waals surface area contributed by atoms with E-state index < -0.39 is 10.0 Å². The van der Waals surface area contributed by atoms with Crippen molar-refractivity contribution in [3.63, 3.8) is 0 Å². The zero-order chi connectivity index (χ0) is 14.0. The SMILES string of the molecule is CNCc1cc(Cl)cc(S(=O)(=O)N2CCCC2)c1Cl. The van der Waals surface area contributed by atoms with Gasteiger partial charge in [0.15, 0.2) is 0 Å². The van der Waals surface area contributed by atoms with E-state index in [9.17, 15) is 8.42 Å². The molecular weight excluding hydrogens is 307 g/mol. The molecule has 1 aromatic rings. The molecule has 1 fully saturated rings. The largest absolute Gasteiger partial charge is 0.316 e. The Morgan fingerprint density at radius 1 is 1.26 bits per heavy atom. The molecule has 2 rings (SSSR count). The highest BCUT2D eigenvalue weighted by atomic mass is 35.5. The van der Waals surface area contributed by atoms with Crippen molar-refractivity contribution in [2.24, 2.45) is 0 Å². The molecule has 0 spiro atoms. The van der Waals surface area contributed by atoms with Crippen LogP contribution in [0.2, 0.25) is 10.0 Å². The number of sulfonamides is 1. The van der Waals surface area contributed by atoms with Crippen LogP contribution in [0.15, 0.2) is 17.0 Å². The summed E-state index contributed by atoms with van der Waals surface area (Å²) in [6.45, 7) is 1.57. The molecule has 0 radical (unpaired) electrons. The van der Waals surface area contributed by atoms with E-state index in [1.807, 2.05) is 0 Å². The van der Waals surface area contributed by atoms with Crippen LogP contribution in [0.1, 0.15) is 18.4 Å². The van der Waals surface area contributed by atoms with Crippen molar-refractivity contribution in [1.29, 1.82) is 0 Å². The molecule has 0 unspecified atom stereocenters. The lowest BCUT2D eigenvalue weighted by atomic mass is 10.2. The molecule has 7 heteroatoms. The third-order valence-electron chi connectivity index (χ3n) is 3.13. The summed E-state index contributed by atoms with van der Waals surface area (Å²) >= 11 is 12.2. The lowest BCUT2D eigenvalue weighted by molar-refractivity contribution is 0.477. The highest BCUT2D eigenvalue weighted by Gasteiger charge is 2.30. The Morgan fingerprint density at radius 3 is 2.47 bits per heavy atom. The highest BCUT2D eigenvalue weighted by Crippen LogP contribution is 2.32. The Kier molecular flexibility index (Phi) is 4.74. The Hall–Kier alpha value is -0.330. The van der Waals surface area contributed by atoms with Crippen molar-refractivity contribution < 1.29 is 8.42 Å². The summed E-state index contributed by atoms with van der Waals surface area (Å²) in [5.74, 6) is 0. The molecule has 1 aliphatic heterocycles. The van der Waals surface area contributed by atoms with Crippen LogP contribution >= 0.6 is 23.2 Å². The Morgan fingerprint density at radius 2 is 1.89 bits per heavy atom. The van der Waals surface area contributed by atoms with Crippen LogP contribution in [0.3, 0.4) is 0 Å². The van der Waals surface area contributed by atoms with Gasteiger partial charge in [-0.25, -0.2) is 8.42 Å². The van der Waals surface area contributed by atoms with Gasteiger partial charge in [0.2, 0.25) is 10.0 Å². The number of nitrogens with zero attached hydrogens (tertiary/aromatic N) is 1. The number of hydrogen-bond acceptors (Lipinski definition) is 3. The van der Waals surface area contributed by atoms with Gasteiger partial charge >= 0.3 is 0 Å². The number of halogens is 2. The van der Waals surface area contributed by atoms with E-state index in [4.69, 9.17) is 23.2 Å². The third-order valence-corrected chi connectivity index (χ3v) is 5.83. The van der Waals surface area contributed by atoms with E-state index >= 15 is 0 Å². The minimum Gasteiger partial charge on any atom is -0.316 e. The average Bonchev–Trinajstić information content (AvgIpc) is 2.88. The second-order valence-electron chi connectivity index (χ2n) is 4.52. The monoisotopic (exact) mass is 322 g/mol. The molecule has 1 heterocycles. The number of hydrogen-bond donors (Lipinski definition) is 1. The molecule has 106 valence electrons. The van der Waals surface area contributed by atoms with Crippen LogP contribution in [0.4, 0.5) is 0 Å². The number of nitrogens with one attached hydrogen (secondary N) is 1. The zero-order valence-electron chi connectivity index (χ0n) is 10.6. The Balaban J connectivity index is 2.49. The van der Waals surface area contributed by atoms with Gasteiger partial charge in [-0.05, 0) is 37.6 Å². The predicted molar refractivity (Wildman–Crippen MR) is 77.2 cm³/mol. The maximum absolute atomic E-state index is 12.5. The molecule has 1 saturated heterocycles. The molecule has 0 saturated carbocycles. The lowest BCUT2D eigenvalue weighted by Crippen LogP contribution is -2.28. The fourth-order valence-electron chi connectivity index (χ4n) is 2.19. The summed E-state index contributed by atoms with van der Waals surface area (Å²) < 4.78 is 26.5. The normalized spacial score (nSPS) is 17.0. The van der Waals surface area contributed by atoms with Gasteiger partial charge in [0.25, 0.3) is 0 Å². The van der Waals surface area contributed by atoms with Crippen LogP contribution in [0, 0.1) is 0 Å². The van der Waals surface area contributed by atoms with E-state index in [0.717, 1.165) is 12.8 Å². The minimum atomic E-state index is -3.54. The standard InChI is InChI=1S/C12H16Cl2N2O2S/c1-15-8-9-6-10(13)7-11(12(9)14)19(17,18)16-4-2-3-5-16/h6-7,15H,2-5,8H2,1H3. The van der Waals surface area contributed by atoms with E-state index in [1.165, 1.54) is 10.4 Å². The van der Waals surface area contributed by atoms with E-state index in [1.54, 1.807) is 13.1 Å². The topological polar surface area (TPSA) is 49.4 Å². The minimum absolute atomic E-state index is 0.105. The molecule has 0 aromatic heterocycles. The van der Waals surface area contributed by atoms with Gasteiger partial charge in [0.1, 0.15) is 4.90 Å². The summed E-state index contributed by atoms with van der Waals surface area (Å²) in [5, 5.41) is 3.59. The smallest absolute Gasteiger partial charge is 0.244 e. The highest BCUT2D eigenvalue weighted by molar-refractivity contribution is 7.89. The number of benzene rings is 1. The summed E-state index contributed by atoms with van der Waals surface area (Å²) in [4.78, 5) is 0.105. The van der Waals surface area contributed by atoms with Crippen molar-refractivity contribution in [2.45, 2.75) is 24.3 Å². The maximum Gasteiger partial charge on any atom is 0.244 e. The average molecular weight is 323 g/mol. The summed E-state index contributed by atoms with van der Waals surface area (Å²) in [5.41, 5.74) is 0.689. The maximum atomic E-state index is 12.5. The van der Waals surface area contributed by atoms with Gasteiger partial charge < -0.3 is 5.32 Å². The quantitative estimate of drug-likeness (QED) is 0.926. The first kappa shape index (κ1) is 15.1. The Labute approximate surface area is 123 Å². The molecule has 1 aliphatic rings. The first-order valence-corrected chi connectivity index (χ1v) is 8.29. The van der Waals surface area contributed by atoms with Gasteiger partial charge in [-0.15, -0.1) is 0 Å². The Bertz CT molecular complexity index is 569. The van der Waals surface area contributed by atoms with Crippen molar-refractivity contribution in [2.75, 3.05) is 20.1 Å². The van der Waals surface area contributed by atoms with Gasteiger partial charge in [-0.3, -0.25) is 0 Å². The zero-order valence-corrected chi connectivity index (χ0v) is 12.9. The molecule has 0 atom stereocenters. The fraction of sp³-hybridized carbons (Fsp3) is 0.500. The second kappa shape index (κ2) is 5.97. The van der Waals surface area contributed by atoms with Crippen molar-refractivity contribution in [1.82, 2.24) is 9.62 Å². The van der Waals surface area contributed by atoms with Crippen molar-refractivity contribution in [3.8, 4) is 0 Å². The molecule has 1 aromatic carbocycles. The van der Waals surface area contributed by atoms with Crippen LogP contribution in [-0.2, 0) is 16.6 Å². The van der Waals surface area contributed by atoms with Crippen LogP contribution < -0.4 is 5.32 Å². The lowest BCUT2D eigenvalue weighted by Gasteiger charge is -2.18. The summed E-state index contributed by atoms with van der Waals surface area (Å²) in [6, 6.07) is 3.11. The van der Waals surface area contributed by atoms with E-state index in [-0.39, 0.29) is 9.92 Å². The van der Waals surface area contributed by atoms with Crippen LogP contribution in [0.25, 0.3) is 0 Å². The first-order valence-electron chi connectivity index (χ1n) is 6.09. The van der Waals surface area contributed by atoms with Crippen LogP contribution in [-0.4, -0.2) is 32.9 Å². The molecular formula is C12H16Cl2N2O2S. The summed E-state index contributed by atoms with van der Waals surface area (Å²) in [6.07, 6.45) is 1.78. The van der Waals surface area contributed by atoms with Crippen LogP contribution in [0.5, 0.6) is 0 Å². The first-order chi connectivity index (χ1) is 8.96. The van der Waals surface area contributed by atoms with Gasteiger partial charge in [-0.1, -0.05) is 23.2 Å². The number of rotatable bonds is 4. The molecule has 0 aliphatic carbocycles. The van der Waals surface area contributed by atoms with Crippen molar-refractivity contribution in [3.05, 3.63) is 27.7 Å². The van der Waals surface area contributed by atoms with E-state index in [2.05, 4.69) is 5.32 Å². The summed E-state index contributed by atoms with van der Waals surface area (Å²) in [7, 11) is -1.77. The van der Waals surface area contributed by atoms with Crippen molar-refractivity contribution >= 4 is 33.2 Å². The van der Waals surface area contributed by atoms with Gasteiger partial charge in [0.05, 0.1) is 5.02 Å². The molecule has 0 bridgehead atoms. The van der Waals surface area contributed by atoms with Gasteiger partial charge in [-0.2, -0.15) is 4.31 Å².